The van der Waals surface area contributed by atoms with E-state index in [1.54, 1.807) is 12.1 Å². The van der Waals surface area contributed by atoms with Crippen LogP contribution in [0.15, 0.2) is 54.6 Å². The van der Waals surface area contributed by atoms with E-state index in [0.717, 1.165) is 24.1 Å². The second-order valence-electron chi connectivity index (χ2n) is 7.23. The van der Waals surface area contributed by atoms with Crippen LogP contribution >= 0.6 is 0 Å². The SMILES string of the molecule is O=C(CNC(=O)c1ccc(-c2ccccc2)cc1)NCCCN1CCCCC1. The maximum Gasteiger partial charge on any atom is 0.251 e. The minimum Gasteiger partial charge on any atom is -0.355 e. The molecule has 2 aromatic rings. The Balaban J connectivity index is 1.35. The van der Waals surface area contributed by atoms with E-state index in [2.05, 4.69) is 15.5 Å². The molecule has 5 heteroatoms. The molecule has 0 unspecified atom stereocenters. The summed E-state index contributed by atoms with van der Waals surface area (Å²) in [7, 11) is 0. The smallest absolute Gasteiger partial charge is 0.251 e. The van der Waals surface area contributed by atoms with E-state index < -0.39 is 0 Å². The Morgan fingerprint density at radius 2 is 1.50 bits per heavy atom. The normalized spacial score (nSPS) is 14.4. The Labute approximate surface area is 167 Å². The zero-order valence-electron chi connectivity index (χ0n) is 16.3. The van der Waals surface area contributed by atoms with Gasteiger partial charge in [-0.1, -0.05) is 48.9 Å². The predicted molar refractivity (Wildman–Crippen MR) is 112 cm³/mol. The maximum absolute atomic E-state index is 12.2. The molecule has 0 atom stereocenters. The molecule has 0 aromatic heterocycles. The molecule has 5 nitrogen and oxygen atoms in total. The van der Waals surface area contributed by atoms with Crippen LogP contribution in [0.1, 0.15) is 36.0 Å². The van der Waals surface area contributed by atoms with Crippen molar-refractivity contribution in [3.63, 3.8) is 0 Å². The quantitative estimate of drug-likeness (QED) is 0.693. The van der Waals surface area contributed by atoms with Gasteiger partial charge in [0.1, 0.15) is 0 Å². The van der Waals surface area contributed by atoms with Crippen molar-refractivity contribution in [2.75, 3.05) is 32.7 Å². The first-order valence-electron chi connectivity index (χ1n) is 10.1. The van der Waals surface area contributed by atoms with Crippen molar-refractivity contribution < 1.29 is 9.59 Å². The number of carbonyl (C=O) groups is 2. The van der Waals surface area contributed by atoms with E-state index in [1.165, 1.54) is 32.4 Å². The van der Waals surface area contributed by atoms with Gasteiger partial charge in [0.25, 0.3) is 5.91 Å². The van der Waals surface area contributed by atoms with Gasteiger partial charge in [0.05, 0.1) is 6.54 Å². The number of piperidine rings is 1. The van der Waals surface area contributed by atoms with E-state index in [4.69, 9.17) is 0 Å². The van der Waals surface area contributed by atoms with Crippen molar-refractivity contribution >= 4 is 11.8 Å². The van der Waals surface area contributed by atoms with Crippen LogP contribution in [0.4, 0.5) is 0 Å². The van der Waals surface area contributed by atoms with Gasteiger partial charge >= 0.3 is 0 Å². The Bertz CT molecular complexity index is 753. The monoisotopic (exact) mass is 379 g/mol. The molecule has 2 aromatic carbocycles. The molecular weight excluding hydrogens is 350 g/mol. The Hall–Kier alpha value is -2.66. The van der Waals surface area contributed by atoms with Gasteiger partial charge < -0.3 is 15.5 Å². The molecule has 1 aliphatic heterocycles. The fourth-order valence-corrected chi connectivity index (χ4v) is 3.48. The molecule has 0 spiro atoms. The highest BCUT2D eigenvalue weighted by molar-refractivity contribution is 5.96. The van der Waals surface area contributed by atoms with Crippen molar-refractivity contribution in [1.82, 2.24) is 15.5 Å². The minimum absolute atomic E-state index is 0.00296. The first kappa shape index (κ1) is 20.1. The summed E-state index contributed by atoms with van der Waals surface area (Å²) in [5, 5.41) is 5.57. The molecule has 1 heterocycles. The molecule has 3 rings (SSSR count). The molecule has 1 aliphatic rings. The number of benzene rings is 2. The summed E-state index contributed by atoms with van der Waals surface area (Å²) in [6.07, 6.45) is 4.85. The van der Waals surface area contributed by atoms with Gasteiger partial charge in [-0.05, 0) is 62.2 Å². The number of nitrogens with one attached hydrogen (secondary N) is 2. The lowest BCUT2D eigenvalue weighted by atomic mass is 10.0. The fraction of sp³-hybridized carbons (Fsp3) is 0.391. The zero-order valence-corrected chi connectivity index (χ0v) is 16.3. The molecular formula is C23H29N3O2. The van der Waals surface area contributed by atoms with Gasteiger partial charge in [-0.3, -0.25) is 9.59 Å². The highest BCUT2D eigenvalue weighted by Gasteiger charge is 2.10. The maximum atomic E-state index is 12.2. The van der Waals surface area contributed by atoms with Gasteiger partial charge in [0.2, 0.25) is 5.91 Å². The number of likely N-dealkylation sites (tertiary alicyclic amines) is 1. The summed E-state index contributed by atoms with van der Waals surface area (Å²) in [4.78, 5) is 26.6. The molecule has 28 heavy (non-hydrogen) atoms. The lowest BCUT2D eigenvalue weighted by Gasteiger charge is -2.26. The van der Waals surface area contributed by atoms with Gasteiger partial charge in [0, 0.05) is 12.1 Å². The molecule has 0 saturated carbocycles. The second-order valence-corrected chi connectivity index (χ2v) is 7.23. The average molecular weight is 380 g/mol. The lowest BCUT2D eigenvalue weighted by molar-refractivity contribution is -0.120. The summed E-state index contributed by atoms with van der Waals surface area (Å²) in [5.41, 5.74) is 2.72. The van der Waals surface area contributed by atoms with E-state index in [-0.39, 0.29) is 18.4 Å². The van der Waals surface area contributed by atoms with Crippen LogP contribution in [0.25, 0.3) is 11.1 Å². The van der Waals surface area contributed by atoms with E-state index in [1.807, 2.05) is 42.5 Å². The highest BCUT2D eigenvalue weighted by Crippen LogP contribution is 2.19. The van der Waals surface area contributed by atoms with Crippen LogP contribution in [0.5, 0.6) is 0 Å². The van der Waals surface area contributed by atoms with Crippen molar-refractivity contribution in [3.8, 4) is 11.1 Å². The van der Waals surface area contributed by atoms with Crippen molar-refractivity contribution in [2.45, 2.75) is 25.7 Å². The average Bonchev–Trinajstić information content (AvgIpc) is 2.76. The number of amides is 2. The summed E-state index contributed by atoms with van der Waals surface area (Å²) in [6, 6.07) is 17.4. The predicted octanol–water partition coefficient (Wildman–Crippen LogP) is 3.08. The first-order chi connectivity index (χ1) is 13.7. The van der Waals surface area contributed by atoms with Crippen molar-refractivity contribution in [3.05, 3.63) is 60.2 Å². The lowest BCUT2D eigenvalue weighted by Crippen LogP contribution is -2.38. The summed E-state index contributed by atoms with van der Waals surface area (Å²) in [5.74, 6) is -0.379. The molecule has 148 valence electrons. The van der Waals surface area contributed by atoms with Gasteiger partial charge in [0.15, 0.2) is 0 Å². The van der Waals surface area contributed by atoms with Crippen LogP contribution in [-0.4, -0.2) is 49.4 Å². The van der Waals surface area contributed by atoms with Gasteiger partial charge in [-0.2, -0.15) is 0 Å². The molecule has 1 fully saturated rings. The van der Waals surface area contributed by atoms with Crippen LogP contribution in [-0.2, 0) is 4.79 Å². The largest absolute Gasteiger partial charge is 0.355 e. The number of nitrogens with zero attached hydrogens (tertiary/aromatic N) is 1. The Morgan fingerprint density at radius 3 is 2.21 bits per heavy atom. The van der Waals surface area contributed by atoms with Crippen LogP contribution in [0.2, 0.25) is 0 Å². The van der Waals surface area contributed by atoms with Gasteiger partial charge in [-0.25, -0.2) is 0 Å². The third-order valence-electron chi connectivity index (χ3n) is 5.09. The first-order valence-corrected chi connectivity index (χ1v) is 10.1. The summed E-state index contributed by atoms with van der Waals surface area (Å²) < 4.78 is 0. The number of hydrogen-bond donors (Lipinski definition) is 2. The van der Waals surface area contributed by atoms with Crippen molar-refractivity contribution in [1.29, 1.82) is 0 Å². The van der Waals surface area contributed by atoms with E-state index in [0.29, 0.717) is 12.1 Å². The topological polar surface area (TPSA) is 61.4 Å². The van der Waals surface area contributed by atoms with Crippen LogP contribution in [0.3, 0.4) is 0 Å². The van der Waals surface area contributed by atoms with Crippen LogP contribution in [0, 0.1) is 0 Å². The standard InChI is InChI=1S/C23H29N3O2/c27-22(24-14-7-17-26-15-5-2-6-16-26)18-25-23(28)21-12-10-20(11-13-21)19-8-3-1-4-9-19/h1,3-4,8-13H,2,5-7,14-18H2,(H,24,27)(H,25,28). The Morgan fingerprint density at radius 1 is 0.821 bits per heavy atom. The third kappa shape index (κ3) is 6.20. The molecule has 0 bridgehead atoms. The summed E-state index contributed by atoms with van der Waals surface area (Å²) in [6.45, 7) is 4.03. The van der Waals surface area contributed by atoms with Crippen molar-refractivity contribution in [2.24, 2.45) is 0 Å². The number of carbonyl (C=O) groups excluding carboxylic acids is 2. The molecule has 0 aliphatic carbocycles. The summed E-state index contributed by atoms with van der Waals surface area (Å²) >= 11 is 0. The van der Waals surface area contributed by atoms with E-state index in [9.17, 15) is 9.59 Å². The van der Waals surface area contributed by atoms with Gasteiger partial charge in [-0.15, -0.1) is 0 Å². The highest BCUT2D eigenvalue weighted by atomic mass is 16.2. The molecule has 1 saturated heterocycles. The number of rotatable bonds is 8. The van der Waals surface area contributed by atoms with E-state index >= 15 is 0 Å². The Kier molecular flexibility index (Phi) is 7.62. The molecule has 2 amide bonds. The molecule has 0 radical (unpaired) electrons. The fourth-order valence-electron chi connectivity index (χ4n) is 3.48. The zero-order chi connectivity index (χ0) is 19.6. The number of hydrogen-bond acceptors (Lipinski definition) is 3. The second kappa shape index (κ2) is 10.6. The minimum atomic E-state index is -0.233. The van der Waals surface area contributed by atoms with Crippen LogP contribution < -0.4 is 10.6 Å². The molecule has 2 N–H and O–H groups in total. The third-order valence-corrected chi connectivity index (χ3v) is 5.09.